The number of hydrogen-bond donors (Lipinski definition) is 3. The zero-order valence-electron chi connectivity index (χ0n) is 12.0. The van der Waals surface area contributed by atoms with Gasteiger partial charge in [-0.25, -0.2) is 13.1 Å². The van der Waals surface area contributed by atoms with Crippen LogP contribution in [0.1, 0.15) is 32.4 Å². The number of nitrogens with one attached hydrogen (secondary N) is 3. The summed E-state index contributed by atoms with van der Waals surface area (Å²) in [6.45, 7) is 6.43. The molecule has 7 heteroatoms. The summed E-state index contributed by atoms with van der Waals surface area (Å²) < 4.78 is 32.6. The second-order valence-electron chi connectivity index (χ2n) is 5.37. The standard InChI is InChI=1S/C13H23N3O3S/c1-3-14-8-11-7-12(9-15-11)20(17,18)16-10-13(2)5-4-6-19-13/h7,9,14-16H,3-6,8,10H2,1-2H3. The van der Waals surface area contributed by atoms with Gasteiger partial charge in [0.05, 0.1) is 10.5 Å². The van der Waals surface area contributed by atoms with Crippen molar-refractivity contribution in [2.75, 3.05) is 19.7 Å². The summed E-state index contributed by atoms with van der Waals surface area (Å²) >= 11 is 0. The van der Waals surface area contributed by atoms with Crippen molar-refractivity contribution in [3.63, 3.8) is 0 Å². The number of hydrogen-bond acceptors (Lipinski definition) is 4. The first kappa shape index (κ1) is 15.5. The summed E-state index contributed by atoms with van der Waals surface area (Å²) in [7, 11) is -3.48. The van der Waals surface area contributed by atoms with Crippen LogP contribution in [0.2, 0.25) is 0 Å². The van der Waals surface area contributed by atoms with E-state index < -0.39 is 10.0 Å². The van der Waals surface area contributed by atoms with Crippen molar-refractivity contribution in [2.24, 2.45) is 0 Å². The fraction of sp³-hybridized carbons (Fsp3) is 0.692. The average molecular weight is 301 g/mol. The lowest BCUT2D eigenvalue weighted by molar-refractivity contribution is 0.0250. The lowest BCUT2D eigenvalue weighted by atomic mass is 10.0. The Balaban J connectivity index is 1.97. The van der Waals surface area contributed by atoms with Gasteiger partial charge in [-0.05, 0) is 32.4 Å². The van der Waals surface area contributed by atoms with Crippen molar-refractivity contribution in [1.29, 1.82) is 0 Å². The number of sulfonamides is 1. The molecule has 1 aliphatic rings. The number of ether oxygens (including phenoxy) is 1. The van der Waals surface area contributed by atoms with E-state index in [2.05, 4.69) is 15.0 Å². The molecule has 0 aliphatic carbocycles. The van der Waals surface area contributed by atoms with Crippen molar-refractivity contribution in [3.8, 4) is 0 Å². The fourth-order valence-electron chi connectivity index (χ4n) is 2.24. The summed E-state index contributed by atoms with van der Waals surface area (Å²) in [6, 6.07) is 1.66. The molecule has 0 saturated carbocycles. The molecule has 0 spiro atoms. The third kappa shape index (κ3) is 3.82. The van der Waals surface area contributed by atoms with Gasteiger partial charge in [-0.3, -0.25) is 0 Å². The minimum absolute atomic E-state index is 0.270. The Kier molecular flexibility index (Phi) is 4.85. The Morgan fingerprint density at radius 3 is 2.95 bits per heavy atom. The van der Waals surface area contributed by atoms with Crippen LogP contribution in [0.3, 0.4) is 0 Å². The molecule has 0 radical (unpaired) electrons. The molecule has 1 saturated heterocycles. The zero-order chi connectivity index (χ0) is 14.6. The van der Waals surface area contributed by atoms with Gasteiger partial charge < -0.3 is 15.0 Å². The maximum atomic E-state index is 12.2. The topological polar surface area (TPSA) is 83.2 Å². The van der Waals surface area contributed by atoms with Gasteiger partial charge in [0.25, 0.3) is 0 Å². The highest BCUT2D eigenvalue weighted by molar-refractivity contribution is 7.89. The van der Waals surface area contributed by atoms with Crippen LogP contribution < -0.4 is 10.0 Å². The molecule has 1 aliphatic heterocycles. The van der Waals surface area contributed by atoms with E-state index >= 15 is 0 Å². The van der Waals surface area contributed by atoms with Crippen molar-refractivity contribution < 1.29 is 13.2 Å². The van der Waals surface area contributed by atoms with Gasteiger partial charge in [-0.2, -0.15) is 0 Å². The number of aromatic amines is 1. The van der Waals surface area contributed by atoms with Gasteiger partial charge in [-0.15, -0.1) is 0 Å². The molecule has 6 nitrogen and oxygen atoms in total. The smallest absolute Gasteiger partial charge is 0.242 e. The van der Waals surface area contributed by atoms with Gasteiger partial charge in [0, 0.05) is 31.6 Å². The van der Waals surface area contributed by atoms with E-state index in [1.54, 1.807) is 6.07 Å². The average Bonchev–Trinajstić information content (AvgIpc) is 3.04. The molecular weight excluding hydrogens is 278 g/mol. The highest BCUT2D eigenvalue weighted by Crippen LogP contribution is 2.24. The predicted octanol–water partition coefficient (Wildman–Crippen LogP) is 0.972. The minimum Gasteiger partial charge on any atom is -0.374 e. The van der Waals surface area contributed by atoms with Crippen LogP contribution >= 0.6 is 0 Å². The molecular formula is C13H23N3O3S. The molecule has 1 unspecified atom stereocenters. The Hall–Kier alpha value is -0.890. The van der Waals surface area contributed by atoms with Gasteiger partial charge >= 0.3 is 0 Å². The fourth-order valence-corrected chi connectivity index (χ4v) is 3.42. The van der Waals surface area contributed by atoms with E-state index in [1.807, 2.05) is 13.8 Å². The van der Waals surface area contributed by atoms with Crippen LogP contribution in [-0.2, 0) is 21.3 Å². The summed E-state index contributed by atoms with van der Waals surface area (Å²) in [6.07, 6.45) is 3.39. The number of H-pyrrole nitrogens is 1. The van der Waals surface area contributed by atoms with E-state index in [1.165, 1.54) is 6.20 Å². The molecule has 2 heterocycles. The minimum atomic E-state index is -3.48. The van der Waals surface area contributed by atoms with E-state index in [0.717, 1.165) is 25.1 Å². The maximum Gasteiger partial charge on any atom is 0.242 e. The molecule has 1 aromatic rings. The third-order valence-electron chi connectivity index (χ3n) is 3.53. The van der Waals surface area contributed by atoms with Crippen molar-refractivity contribution in [3.05, 3.63) is 18.0 Å². The molecule has 0 bridgehead atoms. The second-order valence-corrected chi connectivity index (χ2v) is 7.13. The summed E-state index contributed by atoms with van der Waals surface area (Å²) in [5.41, 5.74) is 0.478. The number of aromatic nitrogens is 1. The van der Waals surface area contributed by atoms with Crippen LogP contribution in [0.25, 0.3) is 0 Å². The van der Waals surface area contributed by atoms with E-state index in [4.69, 9.17) is 4.74 Å². The van der Waals surface area contributed by atoms with Crippen LogP contribution in [0, 0.1) is 0 Å². The SMILES string of the molecule is CCNCc1cc(S(=O)(=O)NCC2(C)CCCO2)c[nH]1. The second kappa shape index (κ2) is 6.26. The summed E-state index contributed by atoms with van der Waals surface area (Å²) in [4.78, 5) is 3.24. The molecule has 0 aromatic carbocycles. The molecule has 114 valence electrons. The third-order valence-corrected chi connectivity index (χ3v) is 4.91. The monoisotopic (exact) mass is 301 g/mol. The highest BCUT2D eigenvalue weighted by Gasteiger charge is 2.31. The van der Waals surface area contributed by atoms with Crippen LogP contribution in [0.4, 0.5) is 0 Å². The van der Waals surface area contributed by atoms with Gasteiger partial charge in [0.2, 0.25) is 10.0 Å². The first-order chi connectivity index (χ1) is 9.45. The van der Waals surface area contributed by atoms with Crippen LogP contribution in [0.15, 0.2) is 17.2 Å². The van der Waals surface area contributed by atoms with E-state index in [9.17, 15) is 8.42 Å². The lowest BCUT2D eigenvalue weighted by Crippen LogP contribution is -2.39. The summed E-state index contributed by atoms with van der Waals surface area (Å²) in [5, 5.41) is 3.15. The molecule has 1 aromatic heterocycles. The van der Waals surface area contributed by atoms with Crippen LogP contribution in [-0.4, -0.2) is 38.7 Å². The van der Waals surface area contributed by atoms with Crippen molar-refractivity contribution in [2.45, 2.75) is 43.7 Å². The summed E-state index contributed by atoms with van der Waals surface area (Å²) in [5.74, 6) is 0. The molecule has 20 heavy (non-hydrogen) atoms. The molecule has 0 amide bonds. The maximum absolute atomic E-state index is 12.2. The zero-order valence-corrected chi connectivity index (χ0v) is 12.8. The van der Waals surface area contributed by atoms with Crippen molar-refractivity contribution in [1.82, 2.24) is 15.0 Å². The predicted molar refractivity (Wildman–Crippen MR) is 77.0 cm³/mol. The van der Waals surface area contributed by atoms with Gasteiger partial charge in [-0.1, -0.05) is 6.92 Å². The Morgan fingerprint density at radius 1 is 1.50 bits per heavy atom. The van der Waals surface area contributed by atoms with Crippen molar-refractivity contribution >= 4 is 10.0 Å². The quantitative estimate of drug-likeness (QED) is 0.701. The Bertz CT molecular complexity index is 533. The molecule has 1 fully saturated rings. The lowest BCUT2D eigenvalue weighted by Gasteiger charge is -2.23. The largest absolute Gasteiger partial charge is 0.374 e. The molecule has 2 rings (SSSR count). The Morgan fingerprint density at radius 2 is 2.30 bits per heavy atom. The van der Waals surface area contributed by atoms with E-state index in [-0.39, 0.29) is 10.5 Å². The highest BCUT2D eigenvalue weighted by atomic mass is 32.2. The number of rotatable bonds is 7. The van der Waals surface area contributed by atoms with Gasteiger partial charge in [0.1, 0.15) is 0 Å². The van der Waals surface area contributed by atoms with E-state index in [0.29, 0.717) is 19.7 Å². The first-order valence-electron chi connectivity index (χ1n) is 6.97. The normalized spacial score (nSPS) is 23.3. The molecule has 3 N–H and O–H groups in total. The van der Waals surface area contributed by atoms with Crippen LogP contribution in [0.5, 0.6) is 0 Å². The molecule has 1 atom stereocenters. The van der Waals surface area contributed by atoms with Gasteiger partial charge in [0.15, 0.2) is 0 Å². The Labute approximate surface area is 120 Å². The first-order valence-corrected chi connectivity index (χ1v) is 8.45.